The molecule has 5 nitrogen and oxygen atoms in total. The third-order valence-corrected chi connectivity index (χ3v) is 5.90. The summed E-state index contributed by atoms with van der Waals surface area (Å²) in [5.41, 5.74) is 1.10. The van der Waals surface area contributed by atoms with Crippen molar-refractivity contribution in [1.29, 1.82) is 0 Å². The summed E-state index contributed by atoms with van der Waals surface area (Å²) in [4.78, 5) is 23.7. The van der Waals surface area contributed by atoms with E-state index in [1.54, 1.807) is 23.7 Å². The molecule has 0 spiro atoms. The van der Waals surface area contributed by atoms with E-state index in [1.165, 1.54) is 16.2 Å². The Balaban J connectivity index is 1.60. The normalized spacial score (nSPS) is 17.4. The molecule has 26 heavy (non-hydrogen) atoms. The van der Waals surface area contributed by atoms with Crippen molar-refractivity contribution in [2.45, 2.75) is 33.4 Å². The van der Waals surface area contributed by atoms with Crippen LogP contribution in [0.5, 0.6) is 0 Å². The minimum Gasteiger partial charge on any atom is -0.338 e. The summed E-state index contributed by atoms with van der Waals surface area (Å²) in [6.07, 6.45) is 4.72. The number of aromatic nitrogens is 1. The van der Waals surface area contributed by atoms with Crippen molar-refractivity contribution < 1.29 is 4.79 Å². The summed E-state index contributed by atoms with van der Waals surface area (Å²) in [5.74, 6) is 0.561. The predicted molar refractivity (Wildman–Crippen MR) is 106 cm³/mol. The molecule has 1 fully saturated rings. The molecule has 0 aromatic carbocycles. The summed E-state index contributed by atoms with van der Waals surface area (Å²) in [6.45, 7) is 9.61. The van der Waals surface area contributed by atoms with Gasteiger partial charge in [0.05, 0.1) is 6.54 Å². The Bertz CT molecular complexity index is 703. The fraction of sp³-hybridized carbons (Fsp3) is 0.500. The molecule has 2 aromatic rings. The van der Waals surface area contributed by atoms with Crippen molar-refractivity contribution in [3.05, 3.63) is 52.0 Å². The van der Waals surface area contributed by atoms with E-state index in [2.05, 4.69) is 41.2 Å². The summed E-state index contributed by atoms with van der Waals surface area (Å²) >= 11 is 1.75. The molecule has 0 saturated carbocycles. The van der Waals surface area contributed by atoms with E-state index in [0.717, 1.165) is 31.7 Å². The molecular weight excluding hydrogens is 344 g/mol. The van der Waals surface area contributed by atoms with Crippen LogP contribution in [0.15, 0.2) is 36.7 Å². The molecular formula is C20H28N4OS. The number of rotatable bonds is 7. The Morgan fingerprint density at radius 2 is 2.12 bits per heavy atom. The molecule has 1 N–H and O–H groups in total. The van der Waals surface area contributed by atoms with E-state index in [4.69, 9.17) is 0 Å². The third-order valence-electron chi connectivity index (χ3n) is 4.91. The number of amides is 2. The summed E-state index contributed by atoms with van der Waals surface area (Å²) in [7, 11) is 0. The monoisotopic (exact) mass is 372 g/mol. The number of thiophene rings is 1. The van der Waals surface area contributed by atoms with Crippen molar-refractivity contribution in [3.63, 3.8) is 0 Å². The van der Waals surface area contributed by atoms with Crippen molar-refractivity contribution in [3.8, 4) is 0 Å². The first-order valence-electron chi connectivity index (χ1n) is 9.33. The molecule has 2 aromatic heterocycles. The molecule has 0 unspecified atom stereocenters. The predicted octanol–water partition coefficient (Wildman–Crippen LogP) is 3.51. The summed E-state index contributed by atoms with van der Waals surface area (Å²) < 4.78 is 0. The van der Waals surface area contributed by atoms with Crippen LogP contribution in [-0.2, 0) is 13.1 Å². The van der Waals surface area contributed by atoms with Crippen molar-refractivity contribution in [2.24, 2.45) is 5.92 Å². The molecule has 1 atom stereocenters. The van der Waals surface area contributed by atoms with Gasteiger partial charge in [-0.3, -0.25) is 4.98 Å². The highest BCUT2D eigenvalue weighted by Crippen LogP contribution is 2.19. The van der Waals surface area contributed by atoms with E-state index < -0.39 is 0 Å². The first-order valence-corrected chi connectivity index (χ1v) is 10.1. The Hall–Kier alpha value is -1.92. The number of nitrogens with zero attached hydrogens (tertiary/aromatic N) is 3. The molecule has 0 bridgehead atoms. The van der Waals surface area contributed by atoms with Crippen molar-refractivity contribution in [1.82, 2.24) is 20.1 Å². The van der Waals surface area contributed by atoms with Crippen LogP contribution >= 0.6 is 11.3 Å². The van der Waals surface area contributed by atoms with Crippen LogP contribution < -0.4 is 5.32 Å². The lowest BCUT2D eigenvalue weighted by molar-refractivity contribution is 0.191. The molecule has 0 radical (unpaired) electrons. The van der Waals surface area contributed by atoms with Crippen LogP contribution in [0.1, 0.15) is 28.7 Å². The molecule has 2 amide bonds. The summed E-state index contributed by atoms with van der Waals surface area (Å²) in [6, 6.07) is 8.18. The topological polar surface area (TPSA) is 48.5 Å². The minimum atomic E-state index is 0.0165. The fourth-order valence-electron chi connectivity index (χ4n) is 3.38. The van der Waals surface area contributed by atoms with Gasteiger partial charge in [-0.1, -0.05) is 6.92 Å². The molecule has 3 heterocycles. The minimum absolute atomic E-state index is 0.0165. The Morgan fingerprint density at radius 1 is 1.31 bits per heavy atom. The molecule has 1 aliphatic heterocycles. The second-order valence-corrected chi connectivity index (χ2v) is 8.33. The number of carbonyl (C=O) groups is 1. The zero-order valence-corrected chi connectivity index (χ0v) is 16.5. The van der Waals surface area contributed by atoms with Crippen LogP contribution in [0.3, 0.4) is 0 Å². The number of hydrogen-bond donors (Lipinski definition) is 1. The molecule has 6 heteroatoms. The standard InChI is InChI=1S/C20H28N4OS/c1-3-23-11-8-18(13-23)12-22-20(25)24(14-17-6-9-21-10-7-17)15-19-5-4-16(2)26-19/h4-7,9-10,18H,3,8,11-15H2,1-2H3,(H,22,25)/t18-/m0/s1. The largest absolute Gasteiger partial charge is 0.338 e. The van der Waals surface area contributed by atoms with Gasteiger partial charge in [-0.05, 0) is 62.2 Å². The number of aryl methyl sites for hydroxylation is 1. The van der Waals surface area contributed by atoms with Gasteiger partial charge in [0.15, 0.2) is 0 Å². The number of hydrogen-bond acceptors (Lipinski definition) is 4. The third kappa shape index (κ3) is 5.29. The van der Waals surface area contributed by atoms with Crippen LogP contribution in [0.25, 0.3) is 0 Å². The van der Waals surface area contributed by atoms with Crippen LogP contribution in [-0.4, -0.2) is 47.0 Å². The van der Waals surface area contributed by atoms with E-state index in [0.29, 0.717) is 19.0 Å². The molecule has 1 aliphatic rings. The van der Waals surface area contributed by atoms with E-state index >= 15 is 0 Å². The van der Waals surface area contributed by atoms with E-state index in [9.17, 15) is 4.79 Å². The molecule has 1 saturated heterocycles. The lowest BCUT2D eigenvalue weighted by Crippen LogP contribution is -2.41. The van der Waals surface area contributed by atoms with Gasteiger partial charge >= 0.3 is 6.03 Å². The Kier molecular flexibility index (Phi) is 6.63. The average molecular weight is 373 g/mol. The van der Waals surface area contributed by atoms with Crippen LogP contribution in [0, 0.1) is 12.8 Å². The number of carbonyl (C=O) groups excluding carboxylic acids is 1. The number of urea groups is 1. The highest BCUT2D eigenvalue weighted by atomic mass is 32.1. The van der Waals surface area contributed by atoms with Crippen LogP contribution in [0.4, 0.5) is 4.79 Å². The summed E-state index contributed by atoms with van der Waals surface area (Å²) in [5, 5.41) is 3.17. The van der Waals surface area contributed by atoms with Gasteiger partial charge in [-0.15, -0.1) is 11.3 Å². The zero-order chi connectivity index (χ0) is 18.4. The van der Waals surface area contributed by atoms with Crippen molar-refractivity contribution in [2.75, 3.05) is 26.2 Å². The average Bonchev–Trinajstić information content (AvgIpc) is 3.28. The maximum atomic E-state index is 12.9. The second-order valence-electron chi connectivity index (χ2n) is 6.96. The first-order chi connectivity index (χ1) is 12.6. The van der Waals surface area contributed by atoms with Gasteiger partial charge < -0.3 is 15.1 Å². The van der Waals surface area contributed by atoms with E-state index in [1.807, 2.05) is 17.0 Å². The fourth-order valence-corrected chi connectivity index (χ4v) is 4.28. The quantitative estimate of drug-likeness (QED) is 0.809. The molecule has 140 valence electrons. The highest BCUT2D eigenvalue weighted by molar-refractivity contribution is 7.11. The van der Waals surface area contributed by atoms with Gasteiger partial charge in [0.1, 0.15) is 0 Å². The molecule has 3 rings (SSSR count). The number of likely N-dealkylation sites (tertiary alicyclic amines) is 1. The maximum absolute atomic E-state index is 12.9. The number of nitrogens with one attached hydrogen (secondary N) is 1. The maximum Gasteiger partial charge on any atom is 0.318 e. The van der Waals surface area contributed by atoms with Gasteiger partial charge in [0.2, 0.25) is 0 Å². The lowest BCUT2D eigenvalue weighted by Gasteiger charge is -2.24. The zero-order valence-electron chi connectivity index (χ0n) is 15.6. The van der Waals surface area contributed by atoms with Gasteiger partial charge in [-0.25, -0.2) is 4.79 Å². The van der Waals surface area contributed by atoms with E-state index in [-0.39, 0.29) is 6.03 Å². The van der Waals surface area contributed by atoms with Gasteiger partial charge in [-0.2, -0.15) is 0 Å². The first kappa shape index (κ1) is 18.9. The highest BCUT2D eigenvalue weighted by Gasteiger charge is 2.23. The second kappa shape index (κ2) is 9.14. The van der Waals surface area contributed by atoms with Crippen molar-refractivity contribution >= 4 is 17.4 Å². The molecule has 0 aliphatic carbocycles. The SMILES string of the molecule is CCN1CC[C@@H](CNC(=O)N(Cc2ccncc2)Cc2ccc(C)s2)C1. The Morgan fingerprint density at radius 3 is 2.77 bits per heavy atom. The smallest absolute Gasteiger partial charge is 0.318 e. The lowest BCUT2D eigenvalue weighted by atomic mass is 10.1. The Labute approximate surface area is 160 Å². The number of pyridine rings is 1. The van der Waals surface area contributed by atoms with Crippen LogP contribution in [0.2, 0.25) is 0 Å². The van der Waals surface area contributed by atoms with Gasteiger partial charge in [0, 0.05) is 41.8 Å². The van der Waals surface area contributed by atoms with Gasteiger partial charge in [0.25, 0.3) is 0 Å².